The third-order valence-corrected chi connectivity index (χ3v) is 0.933. The summed E-state index contributed by atoms with van der Waals surface area (Å²) in [5, 5.41) is 1.06. The van der Waals surface area contributed by atoms with Crippen LogP contribution in [-0.2, 0) is 18.3 Å². The molecular formula is C6H9Ru. The molecule has 0 aromatic carbocycles. The molecule has 0 rings (SSSR count). The van der Waals surface area contributed by atoms with Crippen molar-refractivity contribution < 1.29 is 18.3 Å². The predicted molar refractivity (Wildman–Crippen MR) is 28.8 cm³/mol. The third-order valence-electron chi connectivity index (χ3n) is 0.523. The molecule has 1 heteroatoms. The summed E-state index contributed by atoms with van der Waals surface area (Å²) in [6.07, 6.45) is 8.16. The van der Waals surface area contributed by atoms with Crippen molar-refractivity contribution in [2.45, 2.75) is 11.9 Å². The molecule has 0 fully saturated rings. The molecule has 0 bridgehead atoms. The molecule has 0 aliphatic carbocycles. The second kappa shape index (κ2) is 6.10. The fourth-order valence-electron chi connectivity index (χ4n) is 0.238. The van der Waals surface area contributed by atoms with Crippen LogP contribution in [0.2, 0.25) is 5.02 Å². The van der Waals surface area contributed by atoms with E-state index in [1.54, 1.807) is 0 Å². The van der Waals surface area contributed by atoms with Gasteiger partial charge in [-0.1, -0.05) is 0 Å². The Morgan fingerprint density at radius 3 is 2.57 bits per heavy atom. The summed E-state index contributed by atoms with van der Waals surface area (Å²) in [4.78, 5) is 0. The molecule has 7 heavy (non-hydrogen) atoms. The van der Waals surface area contributed by atoms with E-state index in [0.717, 1.165) is 5.02 Å². The van der Waals surface area contributed by atoms with Gasteiger partial charge in [-0.05, 0) is 0 Å². The first-order valence-corrected chi connectivity index (χ1v) is 3.46. The summed E-state index contributed by atoms with van der Waals surface area (Å²) in [5.41, 5.74) is 0. The van der Waals surface area contributed by atoms with Crippen molar-refractivity contribution >= 4 is 0 Å². The van der Waals surface area contributed by atoms with E-state index in [9.17, 15) is 0 Å². The summed E-state index contributed by atoms with van der Waals surface area (Å²) in [6, 6.07) is 0. The van der Waals surface area contributed by atoms with E-state index in [4.69, 9.17) is 0 Å². The Morgan fingerprint density at radius 1 is 1.43 bits per heavy atom. The van der Waals surface area contributed by atoms with E-state index in [-0.39, 0.29) is 0 Å². The van der Waals surface area contributed by atoms with Crippen molar-refractivity contribution in [3.05, 3.63) is 24.3 Å². The molecule has 0 saturated carbocycles. The van der Waals surface area contributed by atoms with E-state index in [2.05, 4.69) is 24.4 Å². The van der Waals surface area contributed by atoms with Crippen LogP contribution in [0.5, 0.6) is 0 Å². The topological polar surface area (TPSA) is 0 Å². The van der Waals surface area contributed by atoms with Crippen molar-refractivity contribution in [1.82, 2.24) is 0 Å². The first-order valence-electron chi connectivity index (χ1n) is 2.24. The first kappa shape index (κ1) is 7.10. The van der Waals surface area contributed by atoms with Gasteiger partial charge in [0.25, 0.3) is 0 Å². The molecule has 0 aliphatic heterocycles. The Kier molecular flexibility index (Phi) is 6.19. The Labute approximate surface area is 55.0 Å². The van der Waals surface area contributed by atoms with Gasteiger partial charge in [0.05, 0.1) is 0 Å². The van der Waals surface area contributed by atoms with Crippen LogP contribution < -0.4 is 0 Å². The van der Waals surface area contributed by atoms with Crippen LogP contribution in [0.1, 0.15) is 6.92 Å². The van der Waals surface area contributed by atoms with Gasteiger partial charge in [0, 0.05) is 0 Å². The SMILES string of the molecule is CC=CC=C[CH2][Ru]. The molecule has 41 valence electrons. The van der Waals surface area contributed by atoms with Crippen LogP contribution in [-0.4, -0.2) is 0 Å². The molecule has 0 nitrogen and oxygen atoms in total. The normalized spacial score (nSPS) is 11.7. The molecule has 0 unspecified atom stereocenters. The standard InChI is InChI=1S/C6H9.Ru/c1-3-5-6-4-2;/h3-6H,1H2,2H3;. The fourth-order valence-corrected chi connectivity index (χ4v) is 0.474. The van der Waals surface area contributed by atoms with Crippen LogP contribution in [0.4, 0.5) is 0 Å². The van der Waals surface area contributed by atoms with Gasteiger partial charge >= 0.3 is 54.5 Å². The molecule has 0 aliphatic rings. The minimum absolute atomic E-state index is 1.06. The van der Waals surface area contributed by atoms with Crippen molar-refractivity contribution in [2.75, 3.05) is 0 Å². The van der Waals surface area contributed by atoms with Crippen LogP contribution in [0.15, 0.2) is 24.3 Å². The monoisotopic (exact) mass is 183 g/mol. The predicted octanol–water partition coefficient (Wildman–Crippen LogP) is 2.08. The van der Waals surface area contributed by atoms with Gasteiger partial charge in [0.15, 0.2) is 0 Å². The summed E-state index contributed by atoms with van der Waals surface area (Å²) >= 11 is 2.55. The van der Waals surface area contributed by atoms with Gasteiger partial charge in [-0.3, -0.25) is 0 Å². The summed E-state index contributed by atoms with van der Waals surface area (Å²) in [5.74, 6) is 0. The number of rotatable bonds is 2. The Morgan fingerprint density at radius 2 is 2.14 bits per heavy atom. The Bertz CT molecular complexity index is 72.2. The Balaban J connectivity index is 3.09. The molecule has 0 radical (unpaired) electrons. The molecule has 0 heterocycles. The van der Waals surface area contributed by atoms with Crippen LogP contribution in [0, 0.1) is 0 Å². The molecule has 0 N–H and O–H groups in total. The van der Waals surface area contributed by atoms with E-state index in [1.165, 1.54) is 0 Å². The quantitative estimate of drug-likeness (QED) is 0.453. The number of hydrogen-bond donors (Lipinski definition) is 0. The second-order valence-corrected chi connectivity index (χ2v) is 1.81. The Hall–Kier alpha value is 0.103. The van der Waals surface area contributed by atoms with Gasteiger partial charge < -0.3 is 0 Å². The molecule has 0 aromatic rings. The average Bonchev–Trinajstić information content (AvgIpc) is 1.69. The summed E-state index contributed by atoms with van der Waals surface area (Å²) in [6.45, 7) is 2.01. The number of hydrogen-bond acceptors (Lipinski definition) is 0. The van der Waals surface area contributed by atoms with Gasteiger partial charge in [-0.15, -0.1) is 0 Å². The number of allylic oxidation sites excluding steroid dienone is 4. The molecule has 0 saturated heterocycles. The zero-order valence-electron chi connectivity index (χ0n) is 4.37. The van der Waals surface area contributed by atoms with E-state index < -0.39 is 0 Å². The maximum absolute atomic E-state index is 2.55. The van der Waals surface area contributed by atoms with Crippen LogP contribution in [0.25, 0.3) is 0 Å². The van der Waals surface area contributed by atoms with E-state index >= 15 is 0 Å². The maximum atomic E-state index is 2.55. The molecule has 0 spiro atoms. The molecule has 0 atom stereocenters. The molecular weight excluding hydrogens is 173 g/mol. The van der Waals surface area contributed by atoms with Crippen molar-refractivity contribution in [2.24, 2.45) is 0 Å². The van der Waals surface area contributed by atoms with Gasteiger partial charge in [0.2, 0.25) is 0 Å². The molecule has 0 aromatic heterocycles. The minimum atomic E-state index is 1.06. The summed E-state index contributed by atoms with van der Waals surface area (Å²) < 4.78 is 0. The van der Waals surface area contributed by atoms with Crippen molar-refractivity contribution in [3.8, 4) is 0 Å². The second-order valence-electron chi connectivity index (χ2n) is 1.10. The van der Waals surface area contributed by atoms with E-state index in [0.29, 0.717) is 0 Å². The van der Waals surface area contributed by atoms with Crippen LogP contribution >= 0.6 is 0 Å². The first-order chi connectivity index (χ1) is 3.41. The fraction of sp³-hybridized carbons (Fsp3) is 0.333. The van der Waals surface area contributed by atoms with Gasteiger partial charge in [-0.2, -0.15) is 0 Å². The zero-order valence-corrected chi connectivity index (χ0v) is 6.11. The summed E-state index contributed by atoms with van der Waals surface area (Å²) in [7, 11) is 0. The van der Waals surface area contributed by atoms with E-state index in [1.807, 2.05) is 25.2 Å². The zero-order chi connectivity index (χ0) is 5.54. The van der Waals surface area contributed by atoms with Gasteiger partial charge in [-0.25, -0.2) is 0 Å². The average molecular weight is 182 g/mol. The van der Waals surface area contributed by atoms with Crippen molar-refractivity contribution in [3.63, 3.8) is 0 Å². The van der Waals surface area contributed by atoms with Crippen molar-refractivity contribution in [1.29, 1.82) is 0 Å². The van der Waals surface area contributed by atoms with Crippen LogP contribution in [0.3, 0.4) is 0 Å². The molecule has 0 amide bonds. The third kappa shape index (κ3) is 6.10. The van der Waals surface area contributed by atoms with Gasteiger partial charge in [0.1, 0.15) is 0 Å².